The molecule has 192 valence electrons. The average molecular weight is 503 g/mol. The van der Waals surface area contributed by atoms with Crippen molar-refractivity contribution in [3.05, 3.63) is 80.3 Å². The second-order valence-corrected chi connectivity index (χ2v) is 11.8. The molecule has 0 radical (unpaired) electrons. The summed E-state index contributed by atoms with van der Waals surface area (Å²) in [6.45, 7) is 22.6. The molecule has 0 bridgehead atoms. The molecule has 0 N–H and O–H groups in total. The highest BCUT2D eigenvalue weighted by molar-refractivity contribution is 6.29. The molecule has 0 atom stereocenters. The number of hydrogen-bond acceptors (Lipinski definition) is 6. The van der Waals surface area contributed by atoms with E-state index in [1.54, 1.807) is 18.3 Å². The topological polar surface area (TPSA) is 95.0 Å². The minimum absolute atomic E-state index is 0.0532. The predicted octanol–water partition coefficient (Wildman–Crippen LogP) is 7.91. The number of aromatic nitrogens is 3. The van der Waals surface area contributed by atoms with Gasteiger partial charge in [0.15, 0.2) is 5.15 Å². The van der Waals surface area contributed by atoms with Crippen LogP contribution in [0.2, 0.25) is 5.15 Å². The molecule has 0 amide bonds. The summed E-state index contributed by atoms with van der Waals surface area (Å²) in [5, 5.41) is 18.8. The van der Waals surface area contributed by atoms with Crippen LogP contribution in [0.3, 0.4) is 0 Å². The molecule has 8 heteroatoms. The highest BCUT2D eigenvalue weighted by atomic mass is 35.5. The van der Waals surface area contributed by atoms with Crippen molar-refractivity contribution in [1.29, 1.82) is 0 Å². The number of halogens is 1. The van der Waals surface area contributed by atoms with E-state index < -0.39 is 4.92 Å². The van der Waals surface area contributed by atoms with E-state index in [2.05, 4.69) is 62.8 Å². The van der Waals surface area contributed by atoms with Crippen molar-refractivity contribution >= 4 is 17.3 Å². The van der Waals surface area contributed by atoms with Crippen molar-refractivity contribution in [2.45, 2.75) is 92.4 Å². The van der Waals surface area contributed by atoms with Crippen LogP contribution in [0.1, 0.15) is 90.8 Å². The zero-order chi connectivity index (χ0) is 27.2. The van der Waals surface area contributed by atoms with Gasteiger partial charge in [-0.15, -0.1) is 5.10 Å². The van der Waals surface area contributed by atoms with Crippen molar-refractivity contribution in [2.75, 3.05) is 0 Å². The molecule has 0 aliphatic carbocycles. The molecule has 3 heterocycles. The van der Waals surface area contributed by atoms with Crippen molar-refractivity contribution in [3.63, 3.8) is 0 Å². The van der Waals surface area contributed by atoms with Gasteiger partial charge in [0.25, 0.3) is 5.69 Å². The van der Waals surface area contributed by atoms with Crippen LogP contribution >= 0.6 is 11.6 Å². The summed E-state index contributed by atoms with van der Waals surface area (Å²) in [6, 6.07) is 8.83. The fourth-order valence-corrected chi connectivity index (χ4v) is 3.31. The van der Waals surface area contributed by atoms with Crippen LogP contribution in [0.5, 0.6) is 0 Å². The second kappa shape index (κ2) is 11.8. The molecule has 3 rings (SSSR count). The van der Waals surface area contributed by atoms with E-state index in [-0.39, 0.29) is 21.9 Å². The van der Waals surface area contributed by atoms with Gasteiger partial charge in [0.05, 0.1) is 10.6 Å². The average Bonchev–Trinajstić information content (AvgIpc) is 3.06. The number of nitro groups is 1. The van der Waals surface area contributed by atoms with Crippen LogP contribution < -0.4 is 0 Å². The Hall–Kier alpha value is -2.80. The van der Waals surface area contributed by atoms with Crippen LogP contribution in [0, 0.1) is 24.0 Å². The molecular weight excluding hydrogens is 464 g/mol. The van der Waals surface area contributed by atoms with Crippen LogP contribution in [-0.2, 0) is 16.2 Å². The highest BCUT2D eigenvalue weighted by Gasteiger charge is 2.25. The number of rotatable bonds is 1. The van der Waals surface area contributed by atoms with Gasteiger partial charge in [0, 0.05) is 23.1 Å². The zero-order valence-electron chi connectivity index (χ0n) is 22.9. The summed E-state index contributed by atoms with van der Waals surface area (Å²) >= 11 is 5.59. The maximum atomic E-state index is 10.6. The van der Waals surface area contributed by atoms with E-state index in [0.29, 0.717) is 10.8 Å². The van der Waals surface area contributed by atoms with Gasteiger partial charge in [0.1, 0.15) is 17.2 Å². The van der Waals surface area contributed by atoms with Gasteiger partial charge in [-0.25, -0.2) is 0 Å². The minimum atomic E-state index is -0.395. The molecule has 0 saturated carbocycles. The second-order valence-electron chi connectivity index (χ2n) is 11.4. The maximum absolute atomic E-state index is 10.6. The standard InChI is InChI=1S/C10H16O.C9H12N2O2.C8H11ClN2/c1-7-6-9(8(2)11-7)10(3,4)5;1-9(2,3)8-7(11(12)13)5-4-6-10-8;1-8(2,3)6-4-5-7(9)11-10-6/h6H,1-5H3;4-6H,1-3H3;4-5H,1-3H3. The molecule has 7 nitrogen and oxygen atoms in total. The third-order valence-corrected chi connectivity index (χ3v) is 5.14. The van der Waals surface area contributed by atoms with Crippen LogP contribution in [0.25, 0.3) is 0 Å². The van der Waals surface area contributed by atoms with E-state index in [1.807, 2.05) is 40.7 Å². The molecule has 0 aliphatic rings. The molecule has 0 aromatic carbocycles. The van der Waals surface area contributed by atoms with E-state index in [9.17, 15) is 10.1 Å². The number of nitrogens with zero attached hydrogens (tertiary/aromatic N) is 4. The quantitative estimate of drug-likeness (QED) is 0.248. The monoisotopic (exact) mass is 502 g/mol. The Morgan fingerprint density at radius 2 is 1.49 bits per heavy atom. The zero-order valence-corrected chi connectivity index (χ0v) is 23.6. The Morgan fingerprint density at radius 3 is 1.80 bits per heavy atom. The minimum Gasteiger partial charge on any atom is -0.466 e. The molecule has 3 aromatic rings. The smallest absolute Gasteiger partial charge is 0.291 e. The van der Waals surface area contributed by atoms with E-state index in [0.717, 1.165) is 17.2 Å². The summed E-state index contributed by atoms with van der Waals surface area (Å²) in [5.74, 6) is 2.06. The third-order valence-electron chi connectivity index (χ3n) is 4.94. The van der Waals surface area contributed by atoms with E-state index in [4.69, 9.17) is 16.0 Å². The fraction of sp³-hybridized carbons (Fsp3) is 0.519. The van der Waals surface area contributed by atoms with Crippen LogP contribution in [-0.4, -0.2) is 20.1 Å². The first-order valence-electron chi connectivity index (χ1n) is 11.5. The third kappa shape index (κ3) is 9.76. The Kier molecular flexibility index (Phi) is 10.2. The Morgan fingerprint density at radius 1 is 0.886 bits per heavy atom. The maximum Gasteiger partial charge on any atom is 0.291 e. The van der Waals surface area contributed by atoms with Crippen molar-refractivity contribution in [2.24, 2.45) is 0 Å². The number of aryl methyl sites for hydroxylation is 2. The fourth-order valence-electron chi connectivity index (χ4n) is 3.21. The van der Waals surface area contributed by atoms with Crippen LogP contribution in [0.15, 0.2) is 40.9 Å². The SMILES string of the molecule is CC(C)(C)c1ccc(Cl)nn1.CC(C)(C)c1ncccc1[N+](=O)[O-].Cc1cc(C(C)(C)C)c(C)o1. The van der Waals surface area contributed by atoms with Gasteiger partial charge in [-0.3, -0.25) is 15.1 Å². The van der Waals surface area contributed by atoms with Gasteiger partial charge in [-0.05, 0) is 49.1 Å². The van der Waals surface area contributed by atoms with Gasteiger partial charge in [0.2, 0.25) is 0 Å². The number of hydrogen-bond donors (Lipinski definition) is 0. The molecule has 0 spiro atoms. The Balaban J connectivity index is 0.000000264. The van der Waals surface area contributed by atoms with E-state index >= 15 is 0 Å². The van der Waals surface area contributed by atoms with Crippen molar-refractivity contribution < 1.29 is 9.34 Å². The molecular formula is C27H39ClN4O3. The molecule has 35 heavy (non-hydrogen) atoms. The molecule has 0 unspecified atom stereocenters. The first-order valence-corrected chi connectivity index (χ1v) is 11.9. The highest BCUT2D eigenvalue weighted by Crippen LogP contribution is 2.29. The Bertz CT molecular complexity index is 1100. The summed E-state index contributed by atoms with van der Waals surface area (Å²) < 4.78 is 5.44. The van der Waals surface area contributed by atoms with Crippen molar-refractivity contribution in [1.82, 2.24) is 15.2 Å². The molecule has 0 aliphatic heterocycles. The number of furan rings is 1. The normalized spacial score (nSPS) is 11.7. The van der Waals surface area contributed by atoms with Gasteiger partial charge in [-0.1, -0.05) is 73.9 Å². The van der Waals surface area contributed by atoms with Crippen molar-refractivity contribution in [3.8, 4) is 0 Å². The largest absolute Gasteiger partial charge is 0.466 e. The summed E-state index contributed by atoms with van der Waals surface area (Å²) in [6.07, 6.45) is 1.58. The molecule has 3 aromatic heterocycles. The lowest BCUT2D eigenvalue weighted by Gasteiger charge is -2.16. The summed E-state index contributed by atoms with van der Waals surface area (Å²) in [5.41, 5.74) is 2.87. The predicted molar refractivity (Wildman–Crippen MR) is 142 cm³/mol. The molecule has 0 saturated heterocycles. The van der Waals surface area contributed by atoms with Gasteiger partial charge < -0.3 is 4.42 Å². The van der Waals surface area contributed by atoms with Gasteiger partial charge >= 0.3 is 0 Å². The number of pyridine rings is 1. The van der Waals surface area contributed by atoms with Gasteiger partial charge in [-0.2, -0.15) is 5.10 Å². The lowest BCUT2D eigenvalue weighted by Crippen LogP contribution is -2.15. The van der Waals surface area contributed by atoms with Crippen LogP contribution in [0.4, 0.5) is 5.69 Å². The first-order chi connectivity index (χ1) is 15.8. The summed E-state index contributed by atoms with van der Waals surface area (Å²) in [7, 11) is 0. The lowest BCUT2D eigenvalue weighted by molar-refractivity contribution is -0.386. The Labute approximate surface area is 214 Å². The lowest BCUT2D eigenvalue weighted by atomic mass is 9.87. The van der Waals surface area contributed by atoms with E-state index in [1.165, 1.54) is 11.6 Å². The molecule has 0 fully saturated rings. The first kappa shape index (κ1) is 30.2. The summed E-state index contributed by atoms with van der Waals surface area (Å²) in [4.78, 5) is 14.3.